The van der Waals surface area contributed by atoms with Crippen LogP contribution in [0, 0.1) is 0 Å². The number of fused-ring (bicyclic) bond motifs is 5. The van der Waals surface area contributed by atoms with Gasteiger partial charge in [-0.25, -0.2) is 0 Å². The average molecular weight is 588 g/mol. The Labute approximate surface area is 267 Å². The van der Waals surface area contributed by atoms with Crippen LogP contribution in [-0.4, -0.2) is 0 Å². The van der Waals surface area contributed by atoms with Gasteiger partial charge in [-0.1, -0.05) is 121 Å². The molecule has 0 spiro atoms. The average Bonchev–Trinajstić information content (AvgIpc) is 3.50. The van der Waals surface area contributed by atoms with E-state index in [2.05, 4.69) is 169 Å². The van der Waals surface area contributed by atoms with E-state index < -0.39 is 0 Å². The molecule has 2 heteroatoms. The van der Waals surface area contributed by atoms with Crippen LogP contribution in [-0.2, 0) is 0 Å². The summed E-state index contributed by atoms with van der Waals surface area (Å²) in [5.41, 5.74) is 9.90. The maximum Gasteiger partial charge on any atom is 0.135 e. The van der Waals surface area contributed by atoms with Gasteiger partial charge >= 0.3 is 0 Å². The number of anilines is 3. The summed E-state index contributed by atoms with van der Waals surface area (Å²) in [6.07, 6.45) is 0. The highest BCUT2D eigenvalue weighted by Gasteiger charge is 2.17. The van der Waals surface area contributed by atoms with Crippen LogP contribution in [0.5, 0.6) is 0 Å². The van der Waals surface area contributed by atoms with Crippen LogP contribution >= 0.6 is 0 Å². The Bertz CT molecular complexity index is 2530. The van der Waals surface area contributed by atoms with Gasteiger partial charge in [0, 0.05) is 27.5 Å². The molecule has 1 aromatic heterocycles. The van der Waals surface area contributed by atoms with E-state index in [0.717, 1.165) is 50.1 Å². The third kappa shape index (κ3) is 4.51. The van der Waals surface area contributed by atoms with Crippen LogP contribution < -0.4 is 4.90 Å². The van der Waals surface area contributed by atoms with Crippen molar-refractivity contribution >= 4 is 60.5 Å². The highest BCUT2D eigenvalue weighted by molar-refractivity contribution is 6.06. The van der Waals surface area contributed by atoms with Crippen LogP contribution in [0.15, 0.2) is 180 Å². The number of rotatable bonds is 5. The molecule has 0 aliphatic heterocycles. The molecule has 0 aliphatic rings. The van der Waals surface area contributed by atoms with E-state index in [9.17, 15) is 0 Å². The SMILES string of the molecule is c1cc(-c2ccc3oc4ccccc4c3c2)cc(N(c2ccc(-c3ccc4ccccc4c3)cc2)c2cccc3ccccc23)c1. The van der Waals surface area contributed by atoms with Crippen molar-refractivity contribution in [3.63, 3.8) is 0 Å². The molecule has 0 atom stereocenters. The lowest BCUT2D eigenvalue weighted by molar-refractivity contribution is 0.669. The van der Waals surface area contributed by atoms with Gasteiger partial charge in [0.15, 0.2) is 0 Å². The highest BCUT2D eigenvalue weighted by Crippen LogP contribution is 2.41. The van der Waals surface area contributed by atoms with Crippen molar-refractivity contribution in [2.45, 2.75) is 0 Å². The first-order valence-electron chi connectivity index (χ1n) is 15.7. The fourth-order valence-electron chi connectivity index (χ4n) is 6.73. The topological polar surface area (TPSA) is 16.4 Å². The summed E-state index contributed by atoms with van der Waals surface area (Å²) in [6.45, 7) is 0. The molecule has 9 rings (SSSR count). The van der Waals surface area contributed by atoms with Gasteiger partial charge < -0.3 is 9.32 Å². The van der Waals surface area contributed by atoms with Gasteiger partial charge in [0.25, 0.3) is 0 Å². The second-order valence-corrected chi connectivity index (χ2v) is 11.8. The van der Waals surface area contributed by atoms with E-state index in [1.807, 2.05) is 12.1 Å². The molecular formula is C44H29NO. The third-order valence-corrected chi connectivity index (χ3v) is 9.03. The summed E-state index contributed by atoms with van der Waals surface area (Å²) in [7, 11) is 0. The van der Waals surface area contributed by atoms with Crippen molar-refractivity contribution < 1.29 is 4.42 Å². The van der Waals surface area contributed by atoms with Gasteiger partial charge in [-0.2, -0.15) is 0 Å². The fourth-order valence-corrected chi connectivity index (χ4v) is 6.73. The lowest BCUT2D eigenvalue weighted by Crippen LogP contribution is -2.10. The molecule has 0 N–H and O–H groups in total. The lowest BCUT2D eigenvalue weighted by atomic mass is 10.00. The molecule has 1 heterocycles. The summed E-state index contributed by atoms with van der Waals surface area (Å²) >= 11 is 0. The van der Waals surface area contributed by atoms with Gasteiger partial charge in [-0.05, 0) is 93.0 Å². The van der Waals surface area contributed by atoms with Crippen molar-refractivity contribution in [2.24, 2.45) is 0 Å². The number of para-hydroxylation sites is 1. The first kappa shape index (κ1) is 26.3. The van der Waals surface area contributed by atoms with Crippen LogP contribution in [0.3, 0.4) is 0 Å². The van der Waals surface area contributed by atoms with Crippen LogP contribution in [0.25, 0.3) is 65.7 Å². The molecule has 0 radical (unpaired) electrons. The number of hydrogen-bond donors (Lipinski definition) is 0. The Hall–Kier alpha value is -6.12. The Morgan fingerprint density at radius 2 is 0.957 bits per heavy atom. The Balaban J connectivity index is 1.17. The standard InChI is InChI=1S/C44H29NO/c1-2-11-33-27-35(20-19-30(33)9-1)31-21-24-37(25-22-31)45(42-17-8-12-32-10-3-4-15-39(32)42)38-14-7-13-34(28-38)36-23-26-44-41(29-36)40-16-5-6-18-43(40)46-44/h1-29H. The van der Waals surface area contributed by atoms with Crippen LogP contribution in [0.1, 0.15) is 0 Å². The fraction of sp³-hybridized carbons (Fsp3) is 0. The first-order valence-corrected chi connectivity index (χ1v) is 15.7. The molecule has 2 nitrogen and oxygen atoms in total. The molecule has 0 amide bonds. The van der Waals surface area contributed by atoms with Gasteiger partial charge in [0.1, 0.15) is 11.2 Å². The number of benzene rings is 8. The Morgan fingerprint density at radius 1 is 0.326 bits per heavy atom. The maximum atomic E-state index is 6.12. The molecule has 46 heavy (non-hydrogen) atoms. The molecule has 0 aliphatic carbocycles. The summed E-state index contributed by atoms with van der Waals surface area (Å²) in [4.78, 5) is 2.38. The predicted octanol–water partition coefficient (Wildman–Crippen LogP) is 12.7. The van der Waals surface area contributed by atoms with E-state index in [0.29, 0.717) is 0 Å². The van der Waals surface area contributed by atoms with Crippen molar-refractivity contribution in [1.82, 2.24) is 0 Å². The third-order valence-electron chi connectivity index (χ3n) is 9.03. The molecule has 0 fully saturated rings. The summed E-state index contributed by atoms with van der Waals surface area (Å²) < 4.78 is 6.12. The zero-order valence-electron chi connectivity index (χ0n) is 25.1. The minimum absolute atomic E-state index is 0.907. The molecule has 0 bridgehead atoms. The van der Waals surface area contributed by atoms with Gasteiger partial charge in [-0.15, -0.1) is 0 Å². The van der Waals surface area contributed by atoms with Gasteiger partial charge in [-0.3, -0.25) is 0 Å². The molecule has 9 aromatic rings. The van der Waals surface area contributed by atoms with Gasteiger partial charge in [0.05, 0.1) is 5.69 Å². The van der Waals surface area contributed by atoms with E-state index >= 15 is 0 Å². The normalized spacial score (nSPS) is 11.5. The minimum Gasteiger partial charge on any atom is -0.456 e. The number of furan rings is 1. The Morgan fingerprint density at radius 3 is 1.85 bits per heavy atom. The van der Waals surface area contributed by atoms with Crippen molar-refractivity contribution in [2.75, 3.05) is 4.90 Å². The molecule has 0 unspecified atom stereocenters. The van der Waals surface area contributed by atoms with E-state index in [4.69, 9.17) is 4.42 Å². The lowest BCUT2D eigenvalue weighted by Gasteiger charge is -2.27. The van der Waals surface area contributed by atoms with Crippen molar-refractivity contribution in [1.29, 1.82) is 0 Å². The maximum absolute atomic E-state index is 6.12. The summed E-state index contributed by atoms with van der Waals surface area (Å²) in [6, 6.07) is 62.9. The molecule has 216 valence electrons. The smallest absolute Gasteiger partial charge is 0.135 e. The van der Waals surface area contributed by atoms with E-state index in [1.54, 1.807) is 0 Å². The first-order chi connectivity index (χ1) is 22.8. The quantitative estimate of drug-likeness (QED) is 0.199. The second kappa shape index (κ2) is 10.8. The van der Waals surface area contributed by atoms with E-state index in [-0.39, 0.29) is 0 Å². The van der Waals surface area contributed by atoms with Crippen molar-refractivity contribution in [3.05, 3.63) is 176 Å². The minimum atomic E-state index is 0.907. The monoisotopic (exact) mass is 587 g/mol. The van der Waals surface area contributed by atoms with E-state index in [1.165, 1.54) is 32.7 Å². The van der Waals surface area contributed by atoms with Gasteiger partial charge in [0.2, 0.25) is 0 Å². The largest absolute Gasteiger partial charge is 0.456 e. The van der Waals surface area contributed by atoms with Crippen LogP contribution in [0.2, 0.25) is 0 Å². The molecule has 0 saturated heterocycles. The zero-order chi connectivity index (χ0) is 30.5. The molecular weight excluding hydrogens is 558 g/mol. The predicted molar refractivity (Wildman–Crippen MR) is 194 cm³/mol. The summed E-state index contributed by atoms with van der Waals surface area (Å²) in [5, 5.41) is 7.20. The summed E-state index contributed by atoms with van der Waals surface area (Å²) in [5.74, 6) is 0. The Kier molecular flexibility index (Phi) is 6.17. The zero-order valence-corrected chi connectivity index (χ0v) is 25.1. The van der Waals surface area contributed by atoms with Crippen LogP contribution in [0.4, 0.5) is 17.1 Å². The molecule has 0 saturated carbocycles. The highest BCUT2D eigenvalue weighted by atomic mass is 16.3. The molecule has 8 aromatic carbocycles. The number of nitrogens with zero attached hydrogens (tertiary/aromatic N) is 1. The van der Waals surface area contributed by atoms with Crippen molar-refractivity contribution in [3.8, 4) is 22.3 Å². The number of hydrogen-bond acceptors (Lipinski definition) is 2. The second-order valence-electron chi connectivity index (χ2n) is 11.8.